The molecule has 0 N–H and O–H groups in total. The Bertz CT molecular complexity index is 899. The number of allylic oxidation sites excluding steroid dienone is 2. The van der Waals surface area contributed by atoms with Crippen molar-refractivity contribution >= 4 is 0 Å². The summed E-state index contributed by atoms with van der Waals surface area (Å²) in [6.07, 6.45) is 8.31. The van der Waals surface area contributed by atoms with Gasteiger partial charge >= 0.3 is 0 Å². The van der Waals surface area contributed by atoms with Crippen LogP contribution in [0.3, 0.4) is 0 Å². The Labute approximate surface area is 155 Å². The first-order chi connectivity index (χ1) is 12.4. The van der Waals surface area contributed by atoms with Crippen LogP contribution in [0.25, 0.3) is 0 Å². The topological polar surface area (TPSA) is 49.6 Å². The molecule has 0 unspecified atom stereocenters. The number of aryl methyl sites for hydroxylation is 1. The molecule has 3 nitrogen and oxygen atoms in total. The molecule has 4 rings (SSSR count). The van der Waals surface area contributed by atoms with Crippen molar-refractivity contribution in [3.63, 3.8) is 0 Å². The quantitative estimate of drug-likeness (QED) is 0.742. The molecule has 1 aromatic carbocycles. The van der Waals surface area contributed by atoms with Crippen molar-refractivity contribution in [3.05, 3.63) is 70.8 Å². The lowest BCUT2D eigenvalue weighted by atomic mass is 9.58. The van der Waals surface area contributed by atoms with E-state index in [9.17, 15) is 5.26 Å². The molecule has 26 heavy (non-hydrogen) atoms. The van der Waals surface area contributed by atoms with Crippen LogP contribution >= 0.6 is 0 Å². The first-order valence-electron chi connectivity index (χ1n) is 9.49. The Morgan fingerprint density at radius 1 is 1.12 bits per heavy atom. The third kappa shape index (κ3) is 2.56. The van der Waals surface area contributed by atoms with Crippen LogP contribution in [-0.2, 0) is 17.3 Å². The molecule has 0 spiro atoms. The molecule has 0 aliphatic heterocycles. The largest absolute Gasteiger partial charge is 0.241 e. The highest BCUT2D eigenvalue weighted by Gasteiger charge is 2.47. The Hall–Kier alpha value is -2.47. The molecule has 0 bridgehead atoms. The van der Waals surface area contributed by atoms with Crippen molar-refractivity contribution in [2.24, 2.45) is 5.92 Å². The number of rotatable bonds is 1. The van der Waals surface area contributed by atoms with E-state index in [4.69, 9.17) is 4.98 Å². The van der Waals surface area contributed by atoms with Gasteiger partial charge in [-0.1, -0.05) is 57.2 Å². The van der Waals surface area contributed by atoms with Gasteiger partial charge in [0.2, 0.25) is 0 Å². The van der Waals surface area contributed by atoms with Gasteiger partial charge in [0, 0.05) is 17.2 Å². The average molecular weight is 343 g/mol. The summed E-state index contributed by atoms with van der Waals surface area (Å²) in [5.74, 6) is 1.36. The Balaban J connectivity index is 2.03. The molecule has 2 atom stereocenters. The second-order valence-corrected chi connectivity index (χ2v) is 8.61. The van der Waals surface area contributed by atoms with Crippen LogP contribution in [0.15, 0.2) is 48.2 Å². The minimum absolute atomic E-state index is 0.101. The van der Waals surface area contributed by atoms with E-state index in [1.165, 1.54) is 11.1 Å². The zero-order chi connectivity index (χ0) is 18.4. The van der Waals surface area contributed by atoms with Crippen molar-refractivity contribution < 1.29 is 0 Å². The molecule has 2 aliphatic carbocycles. The number of hydrogen-bond acceptors (Lipinski definition) is 3. The van der Waals surface area contributed by atoms with Gasteiger partial charge in [0.1, 0.15) is 5.82 Å². The van der Waals surface area contributed by atoms with Gasteiger partial charge in [-0.2, -0.15) is 5.26 Å². The SMILES string of the molecule is CC(C)(C)c1ncc2c(n1)[C@@]1(c3ccccc3)C=C(C#N)CC[C@@H]1CC2. The summed E-state index contributed by atoms with van der Waals surface area (Å²) < 4.78 is 0. The van der Waals surface area contributed by atoms with Crippen molar-refractivity contribution in [3.8, 4) is 6.07 Å². The van der Waals surface area contributed by atoms with Crippen LogP contribution in [0, 0.1) is 17.2 Å². The highest BCUT2D eigenvalue weighted by atomic mass is 14.9. The molecule has 3 heteroatoms. The van der Waals surface area contributed by atoms with E-state index in [1.807, 2.05) is 6.20 Å². The van der Waals surface area contributed by atoms with E-state index in [-0.39, 0.29) is 10.8 Å². The summed E-state index contributed by atoms with van der Waals surface area (Å²) in [4.78, 5) is 9.79. The number of nitriles is 1. The molecule has 2 aromatic rings. The first kappa shape index (κ1) is 17.0. The summed E-state index contributed by atoms with van der Waals surface area (Å²) in [5, 5.41) is 9.62. The zero-order valence-corrected chi connectivity index (χ0v) is 15.8. The number of aromatic nitrogens is 2. The fraction of sp³-hybridized carbons (Fsp3) is 0.435. The van der Waals surface area contributed by atoms with Crippen molar-refractivity contribution in [1.82, 2.24) is 9.97 Å². The molecule has 0 amide bonds. The van der Waals surface area contributed by atoms with Crippen LogP contribution in [0.2, 0.25) is 0 Å². The normalized spacial score (nSPS) is 24.8. The molecule has 0 radical (unpaired) electrons. The molecular formula is C23H25N3. The highest BCUT2D eigenvalue weighted by Crippen LogP contribution is 2.51. The van der Waals surface area contributed by atoms with Gasteiger partial charge in [-0.25, -0.2) is 9.97 Å². The van der Waals surface area contributed by atoms with Crippen LogP contribution in [0.5, 0.6) is 0 Å². The van der Waals surface area contributed by atoms with Gasteiger partial charge in [0.15, 0.2) is 0 Å². The van der Waals surface area contributed by atoms with Crippen molar-refractivity contribution in [1.29, 1.82) is 5.26 Å². The number of nitrogens with zero attached hydrogens (tertiary/aromatic N) is 3. The summed E-state index contributed by atoms with van der Waals surface area (Å²) in [5.41, 5.74) is 4.07. The molecule has 0 saturated carbocycles. The third-order valence-corrected chi connectivity index (χ3v) is 5.89. The summed E-state index contributed by atoms with van der Waals surface area (Å²) in [6.45, 7) is 6.46. The number of fused-ring (bicyclic) bond motifs is 3. The lowest BCUT2D eigenvalue weighted by Gasteiger charge is -2.46. The molecule has 0 fully saturated rings. The predicted molar refractivity (Wildman–Crippen MR) is 103 cm³/mol. The minimum Gasteiger partial charge on any atom is -0.241 e. The van der Waals surface area contributed by atoms with Gasteiger partial charge in [-0.3, -0.25) is 0 Å². The maximum absolute atomic E-state index is 9.62. The fourth-order valence-corrected chi connectivity index (χ4v) is 4.55. The molecule has 2 aliphatic rings. The summed E-state index contributed by atoms with van der Waals surface area (Å²) in [7, 11) is 0. The van der Waals surface area contributed by atoms with Crippen LogP contribution in [-0.4, -0.2) is 9.97 Å². The Kier molecular flexibility index (Phi) is 3.95. The second-order valence-electron chi connectivity index (χ2n) is 8.61. The van der Waals surface area contributed by atoms with E-state index < -0.39 is 0 Å². The van der Waals surface area contributed by atoms with Crippen LogP contribution < -0.4 is 0 Å². The Morgan fingerprint density at radius 3 is 2.54 bits per heavy atom. The zero-order valence-electron chi connectivity index (χ0n) is 15.8. The van der Waals surface area contributed by atoms with Gasteiger partial charge < -0.3 is 0 Å². The van der Waals surface area contributed by atoms with Gasteiger partial charge in [-0.05, 0) is 42.7 Å². The molecule has 132 valence electrons. The molecule has 1 aromatic heterocycles. The monoisotopic (exact) mass is 343 g/mol. The third-order valence-electron chi connectivity index (χ3n) is 5.89. The van der Waals surface area contributed by atoms with Gasteiger partial charge in [0.05, 0.1) is 17.2 Å². The standard InChI is InChI=1S/C23H25N3/c1-22(2,3)21-25-15-17-10-12-19-11-9-16(14-24)13-23(19,20(17)26-21)18-7-5-4-6-8-18/h4-8,13,15,19H,9-12H2,1-3H3/t19-,23-/m1/s1. The van der Waals surface area contributed by atoms with E-state index >= 15 is 0 Å². The van der Waals surface area contributed by atoms with Crippen LogP contribution in [0.4, 0.5) is 0 Å². The average Bonchev–Trinajstić information content (AvgIpc) is 2.66. The van der Waals surface area contributed by atoms with Gasteiger partial charge in [-0.15, -0.1) is 0 Å². The fourth-order valence-electron chi connectivity index (χ4n) is 4.55. The maximum Gasteiger partial charge on any atom is 0.133 e. The maximum atomic E-state index is 9.62. The minimum atomic E-state index is -0.304. The van der Waals surface area contributed by atoms with Gasteiger partial charge in [0.25, 0.3) is 0 Å². The highest BCUT2D eigenvalue weighted by molar-refractivity contribution is 5.51. The lowest BCUT2D eigenvalue weighted by molar-refractivity contribution is 0.290. The summed E-state index contributed by atoms with van der Waals surface area (Å²) >= 11 is 0. The summed E-state index contributed by atoms with van der Waals surface area (Å²) in [6, 6.07) is 13.0. The van der Waals surface area contributed by atoms with E-state index in [0.717, 1.165) is 42.8 Å². The van der Waals surface area contributed by atoms with E-state index in [0.29, 0.717) is 5.92 Å². The van der Waals surface area contributed by atoms with Crippen molar-refractivity contribution in [2.45, 2.75) is 57.3 Å². The molecule has 1 heterocycles. The smallest absolute Gasteiger partial charge is 0.133 e. The lowest BCUT2D eigenvalue weighted by Crippen LogP contribution is -2.43. The van der Waals surface area contributed by atoms with E-state index in [2.05, 4.69) is 68.2 Å². The Morgan fingerprint density at radius 2 is 1.85 bits per heavy atom. The van der Waals surface area contributed by atoms with Crippen molar-refractivity contribution in [2.75, 3.05) is 0 Å². The van der Waals surface area contributed by atoms with E-state index in [1.54, 1.807) is 0 Å². The molecular weight excluding hydrogens is 318 g/mol. The molecule has 0 saturated heterocycles. The van der Waals surface area contributed by atoms with Crippen LogP contribution in [0.1, 0.15) is 62.7 Å². The predicted octanol–water partition coefficient (Wildman–Crippen LogP) is 4.87. The number of hydrogen-bond donors (Lipinski definition) is 0. The first-order valence-corrected chi connectivity index (χ1v) is 9.49. The second kappa shape index (κ2) is 6.06. The number of benzene rings is 1.